The molecule has 2 aromatic heterocycles. The van der Waals surface area contributed by atoms with Crippen molar-refractivity contribution in [2.45, 2.75) is 0 Å². The average Bonchev–Trinajstić information content (AvgIpc) is 2.68. The minimum Gasteiger partial charge on any atom is -0.253 e. The Labute approximate surface area is 145 Å². The molecule has 112 valence electrons. The van der Waals surface area contributed by atoms with Gasteiger partial charge in [0.25, 0.3) is 0 Å². The second-order valence-electron chi connectivity index (χ2n) is 2.91. The fraction of sp³-hybridized carbons (Fsp3) is 0. The van der Waals surface area contributed by atoms with Crippen LogP contribution in [0.15, 0.2) is 36.9 Å². The minimum absolute atomic E-state index is 0. The van der Waals surface area contributed by atoms with Crippen LogP contribution in [-0.2, 0) is 39.7 Å². The molecule has 23 heavy (non-hydrogen) atoms. The van der Waals surface area contributed by atoms with Gasteiger partial charge in [-0.3, -0.25) is 19.9 Å². The molecule has 0 bridgehead atoms. The molecule has 1 aromatic carbocycles. The molecule has 3 aromatic rings. The van der Waals surface area contributed by atoms with Crippen LogP contribution in [0.2, 0.25) is 0 Å². The second kappa shape index (κ2) is 17.6. The van der Waals surface area contributed by atoms with Gasteiger partial charge in [0.05, 0.1) is 11.0 Å². The Hall–Kier alpha value is -2.45. The summed E-state index contributed by atoms with van der Waals surface area (Å²) < 4.78 is 30.0. The maximum absolute atomic E-state index is 7.50. The van der Waals surface area contributed by atoms with Gasteiger partial charge in [-0.1, -0.05) is 0 Å². The van der Waals surface area contributed by atoms with Crippen molar-refractivity contribution in [1.82, 2.24) is 19.9 Å². The molecule has 2 heterocycles. The quantitative estimate of drug-likeness (QED) is 0.249. The third kappa shape index (κ3) is 7.39. The summed E-state index contributed by atoms with van der Waals surface area (Å²) in [6, 6.07) is 3.80. The molecule has 0 fully saturated rings. The van der Waals surface area contributed by atoms with E-state index in [0.717, 1.165) is 22.1 Å². The molecule has 8 nitrogen and oxygen atoms in total. The van der Waals surface area contributed by atoms with E-state index in [-0.39, 0.29) is 21.1 Å². The van der Waals surface area contributed by atoms with E-state index in [1.165, 1.54) is 0 Å². The molecule has 0 radical (unpaired) electrons. The van der Waals surface area contributed by atoms with Crippen LogP contribution in [0.4, 0.5) is 0 Å². The van der Waals surface area contributed by atoms with Crippen molar-refractivity contribution < 1.29 is 39.7 Å². The summed E-state index contributed by atoms with van der Waals surface area (Å²) in [5.41, 5.74) is 3.30. The normalized spacial score (nSPS) is 6.96. The third-order valence-corrected chi connectivity index (χ3v) is 2.08. The summed E-state index contributed by atoms with van der Waals surface area (Å²) in [6.07, 6.45) is 6.67. The van der Waals surface area contributed by atoms with Crippen LogP contribution in [0.5, 0.6) is 0 Å². The fourth-order valence-electron chi connectivity index (χ4n) is 1.46. The number of nitrogens with zero attached hydrogens (tertiary/aromatic N) is 4. The summed E-state index contributed by atoms with van der Waals surface area (Å²) in [7, 11) is 0. The summed E-state index contributed by atoms with van der Waals surface area (Å²) in [5, 5.41) is 0. The largest absolute Gasteiger partial charge is 0.253 e. The van der Waals surface area contributed by atoms with Gasteiger partial charge in [0, 0.05) is 45.9 Å². The van der Waals surface area contributed by atoms with E-state index in [4.69, 9.17) is 18.6 Å². The maximum Gasteiger partial charge on any atom is 0.116 e. The molecular weight excluding hydrogens is 384 g/mol. The van der Waals surface area contributed by atoms with Crippen LogP contribution in [0.25, 0.3) is 22.1 Å². The molecule has 0 aliphatic carbocycles. The first-order chi connectivity index (χ1) is 10.9. The van der Waals surface area contributed by atoms with Gasteiger partial charge in [0.15, 0.2) is 0 Å². The fourth-order valence-corrected chi connectivity index (χ4v) is 1.46. The van der Waals surface area contributed by atoms with Crippen LogP contribution in [0.3, 0.4) is 0 Å². The zero-order valence-corrected chi connectivity index (χ0v) is 13.3. The first-order valence-electron chi connectivity index (χ1n) is 5.07. The minimum atomic E-state index is 0. The molecule has 0 aliphatic rings. The van der Waals surface area contributed by atoms with Crippen molar-refractivity contribution in [2.75, 3.05) is 0 Å². The Morgan fingerprint density at radius 3 is 1.09 bits per heavy atom. The average molecular weight is 390 g/mol. The molecule has 0 aliphatic heterocycles. The number of hydrogen-bond donors (Lipinski definition) is 0. The summed E-state index contributed by atoms with van der Waals surface area (Å²) in [4.78, 5) is 16.9. The molecule has 0 saturated carbocycles. The van der Waals surface area contributed by atoms with Crippen LogP contribution < -0.4 is 0 Å². The molecule has 0 atom stereocenters. The molecular formula is C14H6MoN4O4. The summed E-state index contributed by atoms with van der Waals surface area (Å²) in [5.74, 6) is 0. The number of fused-ring (bicyclic) bond motifs is 3. The number of benzene rings is 1. The van der Waals surface area contributed by atoms with E-state index in [0.29, 0.717) is 0 Å². The summed E-state index contributed by atoms with van der Waals surface area (Å²) in [6.45, 7) is 18.0. The molecule has 0 saturated heterocycles. The number of rotatable bonds is 0. The topological polar surface area (TPSA) is 131 Å². The third-order valence-electron chi connectivity index (χ3n) is 2.08. The van der Waals surface area contributed by atoms with E-state index in [1.54, 1.807) is 24.8 Å². The Morgan fingerprint density at radius 2 is 0.783 bits per heavy atom. The molecule has 0 N–H and O–H groups in total. The Bertz CT molecular complexity index is 708. The van der Waals surface area contributed by atoms with Gasteiger partial charge in [-0.2, -0.15) is 0 Å². The van der Waals surface area contributed by atoms with Crippen LogP contribution in [0.1, 0.15) is 0 Å². The van der Waals surface area contributed by atoms with Crippen molar-refractivity contribution >= 4 is 22.1 Å². The van der Waals surface area contributed by atoms with Gasteiger partial charge in [0.2, 0.25) is 0 Å². The van der Waals surface area contributed by atoms with Gasteiger partial charge in [-0.15, -0.1) is 0 Å². The number of hydrogen-bond acceptors (Lipinski definition) is 4. The first kappa shape index (κ1) is 25.5. The van der Waals surface area contributed by atoms with Gasteiger partial charge >= 0.3 is 45.2 Å². The van der Waals surface area contributed by atoms with Gasteiger partial charge < -0.3 is 0 Å². The van der Waals surface area contributed by atoms with Gasteiger partial charge in [-0.25, -0.2) is 0 Å². The van der Waals surface area contributed by atoms with Crippen LogP contribution in [-0.4, -0.2) is 19.9 Å². The Balaban J connectivity index is -0.000000394. The van der Waals surface area contributed by atoms with E-state index in [1.807, 2.05) is 12.1 Å². The zero-order valence-electron chi connectivity index (χ0n) is 11.3. The van der Waals surface area contributed by atoms with Crippen molar-refractivity contribution in [3.63, 3.8) is 0 Å². The smallest absolute Gasteiger partial charge is 0.116 e. The zero-order chi connectivity index (χ0) is 17.4. The Kier molecular flexibility index (Phi) is 19.5. The predicted molar refractivity (Wildman–Crippen MR) is 68.4 cm³/mol. The standard InChI is InChI=1S/C10H6N4.4CO.Mo/c1-2-8-10(14-6-4-12-8)9-7(1)11-3-5-13-9;4*1-2;/h1-6H;;;;;. The first-order valence-corrected chi connectivity index (χ1v) is 5.07. The molecule has 0 unspecified atom stereocenters. The Morgan fingerprint density at radius 1 is 0.522 bits per heavy atom. The van der Waals surface area contributed by atoms with E-state index in [2.05, 4.69) is 46.5 Å². The van der Waals surface area contributed by atoms with Crippen LogP contribution in [0, 0.1) is 26.6 Å². The SMILES string of the molecule is [C-]#[O+].[C-]#[O+].[C-]#[O+].[C-]#[O+].[Mo].c1cnc2c(ccc3nccnc32)n1. The maximum atomic E-state index is 7.50. The van der Waals surface area contributed by atoms with Crippen molar-refractivity contribution in [1.29, 1.82) is 0 Å². The molecule has 0 amide bonds. The summed E-state index contributed by atoms with van der Waals surface area (Å²) >= 11 is 0. The van der Waals surface area contributed by atoms with Crippen molar-refractivity contribution in [2.24, 2.45) is 0 Å². The molecule has 3 rings (SSSR count). The van der Waals surface area contributed by atoms with E-state index < -0.39 is 0 Å². The molecule has 0 spiro atoms. The van der Waals surface area contributed by atoms with Crippen molar-refractivity contribution in [3.8, 4) is 0 Å². The predicted octanol–water partition coefficient (Wildman–Crippen LogP) is 1.42. The van der Waals surface area contributed by atoms with E-state index in [9.17, 15) is 0 Å². The van der Waals surface area contributed by atoms with E-state index >= 15 is 0 Å². The second-order valence-corrected chi connectivity index (χ2v) is 2.91. The monoisotopic (exact) mass is 392 g/mol. The van der Waals surface area contributed by atoms with Crippen LogP contribution >= 0.6 is 0 Å². The molecule has 9 heteroatoms. The van der Waals surface area contributed by atoms with Crippen molar-refractivity contribution in [3.05, 3.63) is 63.5 Å². The van der Waals surface area contributed by atoms with Gasteiger partial charge in [0.1, 0.15) is 11.0 Å². The number of aromatic nitrogens is 4. The van der Waals surface area contributed by atoms with Gasteiger partial charge in [-0.05, 0) is 12.1 Å².